The Hall–Kier alpha value is -1.05. The Balaban J connectivity index is 2.76. The first-order valence-corrected chi connectivity index (χ1v) is 3.40. The highest BCUT2D eigenvalue weighted by atomic mass is 15.0. The minimum atomic E-state index is 0.482. The molecule has 0 aliphatic carbocycles. The summed E-state index contributed by atoms with van der Waals surface area (Å²) in [5, 5.41) is 2.90. The van der Waals surface area contributed by atoms with E-state index in [0.29, 0.717) is 5.92 Å². The molecule has 2 nitrogen and oxygen atoms in total. The number of nitrogens with one attached hydrogen (secondary N) is 1. The molecule has 0 fully saturated rings. The van der Waals surface area contributed by atoms with Gasteiger partial charge < -0.3 is 5.32 Å². The van der Waals surface area contributed by atoms with Gasteiger partial charge in [0.2, 0.25) is 0 Å². The third-order valence-corrected chi connectivity index (χ3v) is 1.36. The normalized spacial score (nSPS) is 17.1. The maximum absolute atomic E-state index is 4.21. The smallest absolute Gasteiger partial charge is 0.122 e. The summed E-state index contributed by atoms with van der Waals surface area (Å²) in [5.74, 6) is 1.21. The van der Waals surface area contributed by atoms with Gasteiger partial charge in [-0.05, 0) is 12.0 Å². The van der Waals surface area contributed by atoms with E-state index < -0.39 is 0 Å². The van der Waals surface area contributed by atoms with Crippen molar-refractivity contribution in [1.82, 2.24) is 5.32 Å². The Morgan fingerprint density at radius 3 is 2.70 bits per heavy atom. The van der Waals surface area contributed by atoms with Crippen molar-refractivity contribution >= 4 is 5.71 Å². The molecule has 10 heavy (non-hydrogen) atoms. The topological polar surface area (TPSA) is 24.4 Å². The lowest BCUT2D eigenvalue weighted by Crippen LogP contribution is -2.14. The molecule has 0 amide bonds. The molecule has 1 heterocycles. The number of hydrogen-bond donors (Lipinski definition) is 1. The number of rotatable bonds is 1. The van der Waals surface area contributed by atoms with Crippen LogP contribution >= 0.6 is 0 Å². The molecule has 0 aromatic carbocycles. The van der Waals surface area contributed by atoms with Crippen molar-refractivity contribution in [2.75, 3.05) is 0 Å². The highest BCUT2D eigenvalue weighted by Crippen LogP contribution is 2.05. The number of nitrogens with zero attached hydrogens (tertiary/aromatic N) is 1. The molecule has 0 spiro atoms. The summed E-state index contributed by atoms with van der Waals surface area (Å²) in [7, 11) is 0. The Morgan fingerprint density at radius 2 is 2.30 bits per heavy atom. The predicted molar refractivity (Wildman–Crippen MR) is 43.7 cm³/mol. The van der Waals surface area contributed by atoms with Crippen molar-refractivity contribution in [3.8, 4) is 0 Å². The molecule has 0 atom stereocenters. The molecule has 0 unspecified atom stereocenters. The van der Waals surface area contributed by atoms with Crippen LogP contribution in [-0.4, -0.2) is 5.71 Å². The fraction of sp³-hybridized carbons (Fsp3) is 0.375. The van der Waals surface area contributed by atoms with Gasteiger partial charge in [-0.1, -0.05) is 20.4 Å². The maximum atomic E-state index is 4.21. The van der Waals surface area contributed by atoms with Crippen LogP contribution in [0.2, 0.25) is 0 Å². The summed E-state index contributed by atoms with van der Waals surface area (Å²) in [5.41, 5.74) is 1.09. The van der Waals surface area contributed by atoms with Gasteiger partial charge in [0.05, 0.1) is 0 Å². The second-order valence-corrected chi connectivity index (χ2v) is 2.62. The van der Waals surface area contributed by atoms with Crippen LogP contribution in [0.1, 0.15) is 13.8 Å². The molecule has 54 valence electrons. The van der Waals surface area contributed by atoms with E-state index in [1.54, 1.807) is 0 Å². The van der Waals surface area contributed by atoms with Gasteiger partial charge in [-0.25, -0.2) is 4.99 Å². The quantitative estimate of drug-likeness (QED) is 0.582. The minimum Gasteiger partial charge on any atom is -0.347 e. The van der Waals surface area contributed by atoms with Gasteiger partial charge in [0.1, 0.15) is 5.82 Å². The Kier molecular flexibility index (Phi) is 1.90. The summed E-state index contributed by atoms with van der Waals surface area (Å²) in [6.45, 7) is 7.92. The molecule has 1 N–H and O–H groups in total. The molecule has 2 heteroatoms. The van der Waals surface area contributed by atoms with Gasteiger partial charge in [-0.15, -0.1) is 0 Å². The average Bonchev–Trinajstić information content (AvgIpc) is 1.88. The summed E-state index contributed by atoms with van der Waals surface area (Å²) in [4.78, 5) is 4.21. The SMILES string of the molecule is C=C1N=C(C(C)C)C=CN1. The van der Waals surface area contributed by atoms with E-state index in [1.807, 2.05) is 12.3 Å². The van der Waals surface area contributed by atoms with Crippen LogP contribution in [0.15, 0.2) is 29.7 Å². The minimum absolute atomic E-state index is 0.482. The third-order valence-electron chi connectivity index (χ3n) is 1.36. The first-order chi connectivity index (χ1) is 4.70. The summed E-state index contributed by atoms with van der Waals surface area (Å²) < 4.78 is 0. The monoisotopic (exact) mass is 136 g/mol. The van der Waals surface area contributed by atoms with Crippen molar-refractivity contribution in [3.05, 3.63) is 24.7 Å². The van der Waals surface area contributed by atoms with Crippen molar-refractivity contribution in [1.29, 1.82) is 0 Å². The first-order valence-electron chi connectivity index (χ1n) is 3.40. The molecule has 0 aromatic rings. The van der Waals surface area contributed by atoms with Gasteiger partial charge in [0.25, 0.3) is 0 Å². The van der Waals surface area contributed by atoms with Crippen molar-refractivity contribution < 1.29 is 0 Å². The van der Waals surface area contributed by atoms with E-state index in [-0.39, 0.29) is 0 Å². The second kappa shape index (κ2) is 2.69. The van der Waals surface area contributed by atoms with E-state index in [2.05, 4.69) is 30.7 Å². The fourth-order valence-electron chi connectivity index (χ4n) is 0.770. The van der Waals surface area contributed by atoms with Gasteiger partial charge in [-0.2, -0.15) is 0 Å². The third kappa shape index (κ3) is 1.47. The summed E-state index contributed by atoms with van der Waals surface area (Å²) in [6, 6.07) is 0. The molecular formula is C8H12N2. The Bertz CT molecular complexity index is 199. The lowest BCUT2D eigenvalue weighted by atomic mass is 10.1. The molecular weight excluding hydrogens is 124 g/mol. The second-order valence-electron chi connectivity index (χ2n) is 2.62. The first kappa shape index (κ1) is 7.06. The number of allylic oxidation sites excluding steroid dienone is 1. The molecule has 0 radical (unpaired) electrons. The van der Waals surface area contributed by atoms with Crippen LogP contribution in [0.25, 0.3) is 0 Å². The Labute approximate surface area is 61.4 Å². The van der Waals surface area contributed by atoms with Crippen LogP contribution in [0, 0.1) is 5.92 Å². The Morgan fingerprint density at radius 1 is 1.60 bits per heavy atom. The van der Waals surface area contributed by atoms with E-state index in [4.69, 9.17) is 0 Å². The molecule has 0 saturated carbocycles. The predicted octanol–water partition coefficient (Wildman–Crippen LogP) is 1.67. The van der Waals surface area contributed by atoms with E-state index in [9.17, 15) is 0 Å². The average molecular weight is 136 g/mol. The maximum Gasteiger partial charge on any atom is 0.122 e. The van der Waals surface area contributed by atoms with Crippen LogP contribution in [0.3, 0.4) is 0 Å². The summed E-state index contributed by atoms with van der Waals surface area (Å²) >= 11 is 0. The van der Waals surface area contributed by atoms with Crippen LogP contribution in [0.5, 0.6) is 0 Å². The zero-order chi connectivity index (χ0) is 7.56. The highest BCUT2D eigenvalue weighted by Gasteiger charge is 2.04. The molecule has 0 bridgehead atoms. The van der Waals surface area contributed by atoms with Crippen molar-refractivity contribution in [2.45, 2.75) is 13.8 Å². The van der Waals surface area contributed by atoms with Gasteiger partial charge >= 0.3 is 0 Å². The molecule has 0 aromatic heterocycles. The van der Waals surface area contributed by atoms with Crippen LogP contribution in [0.4, 0.5) is 0 Å². The van der Waals surface area contributed by atoms with Gasteiger partial charge in [0, 0.05) is 11.9 Å². The van der Waals surface area contributed by atoms with Crippen LogP contribution < -0.4 is 5.32 Å². The molecule has 0 saturated heterocycles. The number of hydrogen-bond acceptors (Lipinski definition) is 2. The number of aliphatic imine (C=N–C) groups is 1. The molecule has 1 rings (SSSR count). The fourth-order valence-corrected chi connectivity index (χ4v) is 0.770. The van der Waals surface area contributed by atoms with Gasteiger partial charge in [0.15, 0.2) is 0 Å². The largest absolute Gasteiger partial charge is 0.347 e. The zero-order valence-electron chi connectivity index (χ0n) is 6.39. The lowest BCUT2D eigenvalue weighted by Gasteiger charge is -2.11. The van der Waals surface area contributed by atoms with E-state index in [1.165, 1.54) is 0 Å². The van der Waals surface area contributed by atoms with Crippen molar-refractivity contribution in [3.63, 3.8) is 0 Å². The van der Waals surface area contributed by atoms with Crippen LogP contribution in [-0.2, 0) is 0 Å². The van der Waals surface area contributed by atoms with E-state index in [0.717, 1.165) is 11.5 Å². The molecule has 1 aliphatic heterocycles. The standard InChI is InChI=1S/C8H12N2/c1-6(2)8-4-5-9-7(3)10-8/h4-6,9H,3H2,1-2H3. The zero-order valence-corrected chi connectivity index (χ0v) is 6.39. The highest BCUT2D eigenvalue weighted by molar-refractivity contribution is 5.97. The molecule has 1 aliphatic rings. The van der Waals surface area contributed by atoms with E-state index >= 15 is 0 Å². The summed E-state index contributed by atoms with van der Waals surface area (Å²) in [6.07, 6.45) is 3.84. The lowest BCUT2D eigenvalue weighted by molar-refractivity contribution is 0.869. The van der Waals surface area contributed by atoms with Gasteiger partial charge in [-0.3, -0.25) is 0 Å². The van der Waals surface area contributed by atoms with Crippen molar-refractivity contribution in [2.24, 2.45) is 10.9 Å².